The third kappa shape index (κ3) is 3.55. The molecule has 1 rings (SSSR count). The quantitative estimate of drug-likeness (QED) is 0.507. The van der Waals surface area contributed by atoms with E-state index < -0.39 is 10.0 Å². The maximum Gasteiger partial charge on any atom is 0.253 e. The molecule has 1 fully saturated rings. The minimum Gasteiger partial charge on any atom is -0.301 e. The van der Waals surface area contributed by atoms with Gasteiger partial charge in [0.1, 0.15) is 5.55 Å². The van der Waals surface area contributed by atoms with E-state index in [4.69, 9.17) is 0 Å². The van der Waals surface area contributed by atoms with Gasteiger partial charge in [0.2, 0.25) is 0 Å². The molecule has 0 radical (unpaired) electrons. The summed E-state index contributed by atoms with van der Waals surface area (Å²) in [4.78, 5) is 5.86. The molecular weight excluding hydrogens is 214 g/mol. The Morgan fingerprint density at radius 1 is 1.27 bits per heavy atom. The molecule has 0 atom stereocenters. The molecular formula is C9H19N3O2S. The first kappa shape index (κ1) is 12.6. The zero-order valence-electron chi connectivity index (χ0n) is 9.39. The molecule has 0 saturated carbocycles. The largest absolute Gasteiger partial charge is 0.301 e. The summed E-state index contributed by atoms with van der Waals surface area (Å²) in [5.74, 6) is 0. The van der Waals surface area contributed by atoms with Crippen LogP contribution in [0, 0.1) is 0 Å². The van der Waals surface area contributed by atoms with Crippen LogP contribution >= 0.6 is 0 Å². The first-order valence-electron chi connectivity index (χ1n) is 5.25. The van der Waals surface area contributed by atoms with Gasteiger partial charge in [0.25, 0.3) is 10.0 Å². The Labute approximate surface area is 91.8 Å². The van der Waals surface area contributed by atoms with Gasteiger partial charge in [-0.15, -0.1) is 0 Å². The van der Waals surface area contributed by atoms with Crippen LogP contribution in [0.4, 0.5) is 0 Å². The molecule has 0 unspecified atom stereocenters. The molecule has 0 aliphatic carbocycles. The fraction of sp³-hybridized carbons (Fsp3) is 0.889. The van der Waals surface area contributed by atoms with Gasteiger partial charge >= 0.3 is 0 Å². The number of rotatable bonds is 4. The monoisotopic (exact) mass is 233 g/mol. The van der Waals surface area contributed by atoms with Crippen molar-refractivity contribution in [3.8, 4) is 0 Å². The summed E-state index contributed by atoms with van der Waals surface area (Å²) < 4.78 is 24.7. The number of sulfonamides is 1. The summed E-state index contributed by atoms with van der Waals surface area (Å²) in [5.41, 5.74) is 1.03. The number of hydrogen-bond acceptors (Lipinski definition) is 4. The van der Waals surface area contributed by atoms with Crippen LogP contribution < -0.4 is 0 Å². The van der Waals surface area contributed by atoms with Gasteiger partial charge in [0.15, 0.2) is 0 Å². The second-order valence-corrected chi connectivity index (χ2v) is 5.41. The van der Waals surface area contributed by atoms with E-state index in [1.54, 1.807) is 0 Å². The van der Waals surface area contributed by atoms with Crippen LogP contribution in [0.5, 0.6) is 0 Å². The smallest absolute Gasteiger partial charge is 0.253 e. The van der Waals surface area contributed by atoms with Gasteiger partial charge in [-0.2, -0.15) is 4.31 Å². The molecule has 88 valence electrons. The number of nitrogens with zero attached hydrogens (tertiary/aromatic N) is 3. The summed E-state index contributed by atoms with van der Waals surface area (Å²) in [6.07, 6.45) is 1.11. The molecule has 1 aliphatic rings. The Morgan fingerprint density at radius 2 is 1.87 bits per heavy atom. The van der Waals surface area contributed by atoms with Crippen molar-refractivity contribution in [3.63, 3.8) is 0 Å². The molecule has 0 aromatic rings. The van der Waals surface area contributed by atoms with Gasteiger partial charge < -0.3 is 4.90 Å². The van der Waals surface area contributed by atoms with Crippen molar-refractivity contribution in [2.24, 2.45) is 4.99 Å². The van der Waals surface area contributed by atoms with Crippen molar-refractivity contribution in [1.29, 1.82) is 0 Å². The average Bonchev–Trinajstić information content (AvgIpc) is 2.19. The van der Waals surface area contributed by atoms with Crippen LogP contribution in [0.2, 0.25) is 0 Å². The lowest BCUT2D eigenvalue weighted by atomic mass is 10.3. The SMILES string of the molecule is CCCN1CCN(S(=O)(=O)C=NC)CC1. The normalized spacial score (nSPS) is 21.2. The highest BCUT2D eigenvalue weighted by atomic mass is 32.2. The fourth-order valence-electron chi connectivity index (χ4n) is 1.72. The number of aliphatic imine (C=N–C) groups is 1. The summed E-state index contributed by atoms with van der Waals surface area (Å²) >= 11 is 0. The molecule has 0 N–H and O–H groups in total. The second-order valence-electron chi connectivity index (χ2n) is 3.65. The Balaban J connectivity index is 2.50. The van der Waals surface area contributed by atoms with Crippen LogP contribution in [-0.2, 0) is 10.0 Å². The summed E-state index contributed by atoms with van der Waals surface area (Å²) in [6, 6.07) is 0. The number of hydrogen-bond donors (Lipinski definition) is 0. The molecule has 15 heavy (non-hydrogen) atoms. The van der Waals surface area contributed by atoms with E-state index in [-0.39, 0.29) is 0 Å². The highest BCUT2D eigenvalue weighted by Crippen LogP contribution is 2.06. The maximum atomic E-state index is 11.6. The predicted octanol–water partition coefficient (Wildman–Crippen LogP) is 0.00190. The fourth-order valence-corrected chi connectivity index (χ4v) is 2.80. The van der Waals surface area contributed by atoms with Crippen molar-refractivity contribution in [2.45, 2.75) is 13.3 Å². The standard InChI is InChI=1S/C9H19N3O2S/c1-3-4-11-5-7-12(8-6-11)15(13,14)9-10-2/h9H,3-8H2,1-2H3. The molecule has 0 bridgehead atoms. The predicted molar refractivity (Wildman–Crippen MR) is 61.6 cm³/mol. The molecule has 1 aliphatic heterocycles. The topological polar surface area (TPSA) is 53.0 Å². The maximum absolute atomic E-state index is 11.6. The second kappa shape index (κ2) is 5.58. The van der Waals surface area contributed by atoms with Crippen LogP contribution in [-0.4, -0.2) is 62.9 Å². The van der Waals surface area contributed by atoms with Gasteiger partial charge in [0.05, 0.1) is 0 Å². The Hall–Kier alpha value is -0.460. The van der Waals surface area contributed by atoms with Crippen molar-refractivity contribution in [3.05, 3.63) is 0 Å². The molecule has 0 spiro atoms. The van der Waals surface area contributed by atoms with Crippen molar-refractivity contribution in [1.82, 2.24) is 9.21 Å². The average molecular weight is 233 g/mol. The first-order valence-corrected chi connectivity index (χ1v) is 6.75. The Morgan fingerprint density at radius 3 is 2.33 bits per heavy atom. The van der Waals surface area contributed by atoms with E-state index in [2.05, 4.69) is 16.8 Å². The third-order valence-corrected chi connectivity index (χ3v) is 4.03. The van der Waals surface area contributed by atoms with Gasteiger partial charge in [-0.1, -0.05) is 6.92 Å². The summed E-state index contributed by atoms with van der Waals surface area (Å²) in [7, 11) is -1.78. The van der Waals surface area contributed by atoms with E-state index in [1.165, 1.54) is 11.4 Å². The highest BCUT2D eigenvalue weighted by molar-refractivity contribution is 8.02. The van der Waals surface area contributed by atoms with E-state index in [0.29, 0.717) is 13.1 Å². The number of piperazine rings is 1. The summed E-state index contributed by atoms with van der Waals surface area (Å²) in [5, 5.41) is 0. The van der Waals surface area contributed by atoms with Gasteiger partial charge in [-0.25, -0.2) is 8.42 Å². The van der Waals surface area contributed by atoms with Gasteiger partial charge in [-0.3, -0.25) is 4.99 Å². The van der Waals surface area contributed by atoms with Crippen molar-refractivity contribution >= 4 is 15.6 Å². The lowest BCUT2D eigenvalue weighted by molar-refractivity contribution is 0.190. The molecule has 1 heterocycles. The molecule has 6 heteroatoms. The minimum absolute atomic E-state index is 0.578. The van der Waals surface area contributed by atoms with E-state index in [9.17, 15) is 8.42 Å². The van der Waals surface area contributed by atoms with E-state index in [0.717, 1.165) is 31.6 Å². The Kier molecular flexibility index (Phi) is 4.69. The third-order valence-electron chi connectivity index (χ3n) is 2.47. The van der Waals surface area contributed by atoms with Crippen LogP contribution in [0.15, 0.2) is 4.99 Å². The first-order chi connectivity index (χ1) is 7.10. The minimum atomic E-state index is -3.26. The zero-order valence-corrected chi connectivity index (χ0v) is 10.2. The molecule has 1 saturated heterocycles. The zero-order chi connectivity index (χ0) is 11.3. The van der Waals surface area contributed by atoms with E-state index in [1.807, 2.05) is 0 Å². The van der Waals surface area contributed by atoms with Gasteiger partial charge in [0, 0.05) is 33.2 Å². The molecule has 0 aromatic carbocycles. The van der Waals surface area contributed by atoms with E-state index >= 15 is 0 Å². The van der Waals surface area contributed by atoms with Crippen molar-refractivity contribution < 1.29 is 8.42 Å². The lowest BCUT2D eigenvalue weighted by Gasteiger charge is -2.32. The van der Waals surface area contributed by atoms with Gasteiger partial charge in [-0.05, 0) is 13.0 Å². The lowest BCUT2D eigenvalue weighted by Crippen LogP contribution is -2.48. The molecule has 5 nitrogen and oxygen atoms in total. The van der Waals surface area contributed by atoms with Crippen LogP contribution in [0.3, 0.4) is 0 Å². The van der Waals surface area contributed by atoms with Crippen LogP contribution in [0.1, 0.15) is 13.3 Å². The Bertz CT molecular complexity index is 305. The molecule has 0 aromatic heterocycles. The summed E-state index contributed by atoms with van der Waals surface area (Å²) in [6.45, 7) is 5.99. The van der Waals surface area contributed by atoms with Crippen LogP contribution in [0.25, 0.3) is 0 Å². The highest BCUT2D eigenvalue weighted by Gasteiger charge is 2.24. The molecule has 0 amide bonds. The van der Waals surface area contributed by atoms with Crippen molar-refractivity contribution in [2.75, 3.05) is 39.8 Å².